The summed E-state index contributed by atoms with van der Waals surface area (Å²) in [6.07, 6.45) is 3.15. The van der Waals surface area contributed by atoms with Gasteiger partial charge in [-0.3, -0.25) is 21.4 Å². The molecule has 0 atom stereocenters. The maximum atomic E-state index is 10.5. The van der Waals surface area contributed by atoms with E-state index in [2.05, 4.69) is 5.43 Å². The highest BCUT2D eigenvalue weighted by Crippen LogP contribution is 2.67. The van der Waals surface area contributed by atoms with E-state index in [9.17, 15) is 10.1 Å². The van der Waals surface area contributed by atoms with E-state index in [0.717, 1.165) is 19.3 Å². The molecule has 84 valence electrons. The van der Waals surface area contributed by atoms with E-state index in [-0.39, 0.29) is 21.6 Å². The smallest absolute Gasteiger partial charge is 0.269 e. The van der Waals surface area contributed by atoms with Crippen LogP contribution in [0.1, 0.15) is 24.8 Å². The molecular formula is C11H13N3O2. The Hall–Kier alpha value is -1.46. The van der Waals surface area contributed by atoms with Crippen LogP contribution in [0, 0.1) is 10.1 Å². The number of benzene rings is 1. The average Bonchev–Trinajstić information content (AvgIpc) is 2.15. The van der Waals surface area contributed by atoms with Crippen LogP contribution in [-0.4, -0.2) is 10.5 Å². The quantitative estimate of drug-likeness (QED) is 0.455. The molecule has 0 aliphatic heterocycles. The van der Waals surface area contributed by atoms with E-state index in [1.165, 1.54) is 5.56 Å². The van der Waals surface area contributed by atoms with Crippen molar-refractivity contribution in [2.45, 2.75) is 30.2 Å². The molecule has 16 heavy (non-hydrogen) atoms. The molecule has 3 aliphatic carbocycles. The van der Waals surface area contributed by atoms with Crippen molar-refractivity contribution < 1.29 is 4.92 Å². The summed E-state index contributed by atoms with van der Waals surface area (Å²) in [4.78, 5) is 10.2. The number of hydrogen-bond donors (Lipinski definition) is 2. The van der Waals surface area contributed by atoms with Crippen molar-refractivity contribution in [2.75, 3.05) is 0 Å². The number of nitro benzene ring substituents is 1. The van der Waals surface area contributed by atoms with Gasteiger partial charge in [-0.25, -0.2) is 0 Å². The Balaban J connectivity index is 1.81. The fourth-order valence-corrected chi connectivity index (χ4v) is 3.18. The van der Waals surface area contributed by atoms with E-state index in [1.807, 2.05) is 12.1 Å². The second-order valence-corrected chi connectivity index (χ2v) is 5.04. The van der Waals surface area contributed by atoms with E-state index >= 15 is 0 Å². The Morgan fingerprint density at radius 2 is 1.81 bits per heavy atom. The zero-order chi connectivity index (χ0) is 11.4. The first kappa shape index (κ1) is 9.74. The minimum Gasteiger partial charge on any atom is -0.271 e. The van der Waals surface area contributed by atoms with Crippen LogP contribution in [0.3, 0.4) is 0 Å². The number of nitrogens with one attached hydrogen (secondary N) is 1. The molecule has 3 saturated carbocycles. The molecule has 0 aromatic heterocycles. The number of rotatable bonds is 3. The van der Waals surface area contributed by atoms with Crippen LogP contribution in [0.5, 0.6) is 0 Å². The first-order valence-corrected chi connectivity index (χ1v) is 5.32. The third-order valence-electron chi connectivity index (χ3n) is 4.03. The van der Waals surface area contributed by atoms with E-state index in [1.54, 1.807) is 12.1 Å². The summed E-state index contributed by atoms with van der Waals surface area (Å²) < 4.78 is 0. The van der Waals surface area contributed by atoms with Crippen LogP contribution in [0.25, 0.3) is 0 Å². The molecule has 0 unspecified atom stereocenters. The van der Waals surface area contributed by atoms with Crippen molar-refractivity contribution in [3.63, 3.8) is 0 Å². The van der Waals surface area contributed by atoms with Crippen molar-refractivity contribution in [1.29, 1.82) is 0 Å². The number of hydrogen-bond acceptors (Lipinski definition) is 4. The molecule has 5 heteroatoms. The maximum Gasteiger partial charge on any atom is 0.269 e. The second kappa shape index (κ2) is 2.81. The molecule has 5 nitrogen and oxygen atoms in total. The lowest BCUT2D eigenvalue weighted by molar-refractivity contribution is -0.384. The normalized spacial score (nSPS) is 35.1. The van der Waals surface area contributed by atoms with Gasteiger partial charge in [-0.15, -0.1) is 0 Å². The Labute approximate surface area is 92.8 Å². The summed E-state index contributed by atoms with van der Waals surface area (Å²) in [5.74, 6) is 5.47. The monoisotopic (exact) mass is 219 g/mol. The summed E-state index contributed by atoms with van der Waals surface area (Å²) in [5.41, 5.74) is 4.61. The van der Waals surface area contributed by atoms with Gasteiger partial charge in [0.05, 0.1) is 4.92 Å². The second-order valence-electron chi connectivity index (χ2n) is 5.04. The first-order chi connectivity index (χ1) is 7.59. The minimum atomic E-state index is -0.366. The summed E-state index contributed by atoms with van der Waals surface area (Å²) >= 11 is 0. The van der Waals surface area contributed by atoms with Crippen LogP contribution in [0.15, 0.2) is 24.3 Å². The van der Waals surface area contributed by atoms with Crippen molar-refractivity contribution in [1.82, 2.24) is 5.43 Å². The van der Waals surface area contributed by atoms with Gasteiger partial charge in [0.2, 0.25) is 0 Å². The fraction of sp³-hybridized carbons (Fsp3) is 0.455. The van der Waals surface area contributed by atoms with Crippen LogP contribution in [0.2, 0.25) is 0 Å². The number of nitro groups is 1. The standard InChI is InChI=1S/C11H13N3O2/c12-13-11-5-10(6-11,7-11)8-1-3-9(4-2-8)14(15)16/h1-4,13H,5-7,12H2. The predicted molar refractivity (Wildman–Crippen MR) is 58.7 cm³/mol. The van der Waals surface area contributed by atoms with E-state index in [4.69, 9.17) is 5.84 Å². The highest BCUT2D eigenvalue weighted by Gasteiger charge is 2.68. The molecular weight excluding hydrogens is 206 g/mol. The lowest BCUT2D eigenvalue weighted by atomic mass is 9.38. The highest BCUT2D eigenvalue weighted by molar-refractivity contribution is 5.44. The topological polar surface area (TPSA) is 81.2 Å². The van der Waals surface area contributed by atoms with Gasteiger partial charge in [0, 0.05) is 23.1 Å². The van der Waals surface area contributed by atoms with Gasteiger partial charge in [0.1, 0.15) is 0 Å². The van der Waals surface area contributed by atoms with Crippen LogP contribution in [0.4, 0.5) is 5.69 Å². The van der Waals surface area contributed by atoms with Gasteiger partial charge >= 0.3 is 0 Å². The summed E-state index contributed by atoms with van der Waals surface area (Å²) in [6, 6.07) is 6.91. The molecule has 1 aromatic carbocycles. The molecule has 3 aliphatic rings. The molecule has 0 spiro atoms. The maximum absolute atomic E-state index is 10.5. The van der Waals surface area contributed by atoms with Crippen LogP contribution < -0.4 is 11.3 Å². The lowest BCUT2D eigenvalue weighted by Crippen LogP contribution is -2.77. The molecule has 0 amide bonds. The number of nitrogens with two attached hydrogens (primary N) is 1. The zero-order valence-corrected chi connectivity index (χ0v) is 8.77. The highest BCUT2D eigenvalue weighted by atomic mass is 16.6. The zero-order valence-electron chi connectivity index (χ0n) is 8.77. The molecule has 0 saturated heterocycles. The third kappa shape index (κ3) is 1.07. The molecule has 2 bridgehead atoms. The Morgan fingerprint density at radius 1 is 1.25 bits per heavy atom. The number of nitrogens with zero attached hydrogens (tertiary/aromatic N) is 1. The summed E-state index contributed by atoms with van der Waals surface area (Å²) in [5, 5.41) is 10.5. The van der Waals surface area contributed by atoms with E-state index in [0.29, 0.717) is 0 Å². The van der Waals surface area contributed by atoms with Gasteiger partial charge in [0.25, 0.3) is 5.69 Å². The van der Waals surface area contributed by atoms with Crippen molar-refractivity contribution >= 4 is 5.69 Å². The van der Waals surface area contributed by atoms with Crippen molar-refractivity contribution in [3.8, 4) is 0 Å². The van der Waals surface area contributed by atoms with Crippen LogP contribution >= 0.6 is 0 Å². The molecule has 1 aromatic rings. The Bertz CT molecular complexity index is 435. The van der Waals surface area contributed by atoms with Gasteiger partial charge in [-0.1, -0.05) is 12.1 Å². The number of hydrazine groups is 1. The molecule has 4 rings (SSSR count). The Morgan fingerprint density at radius 3 is 2.25 bits per heavy atom. The van der Waals surface area contributed by atoms with Crippen molar-refractivity contribution in [2.24, 2.45) is 5.84 Å². The van der Waals surface area contributed by atoms with Crippen molar-refractivity contribution in [3.05, 3.63) is 39.9 Å². The Kier molecular flexibility index (Phi) is 1.71. The van der Waals surface area contributed by atoms with Gasteiger partial charge < -0.3 is 0 Å². The first-order valence-electron chi connectivity index (χ1n) is 5.32. The fourth-order valence-electron chi connectivity index (χ4n) is 3.18. The average molecular weight is 219 g/mol. The molecule has 0 radical (unpaired) electrons. The molecule has 3 N–H and O–H groups in total. The largest absolute Gasteiger partial charge is 0.271 e. The van der Waals surface area contributed by atoms with Crippen LogP contribution in [-0.2, 0) is 5.41 Å². The van der Waals surface area contributed by atoms with Gasteiger partial charge in [-0.2, -0.15) is 0 Å². The minimum absolute atomic E-state index is 0.155. The van der Waals surface area contributed by atoms with E-state index < -0.39 is 0 Å². The molecule has 3 fully saturated rings. The summed E-state index contributed by atoms with van der Waals surface area (Å²) in [7, 11) is 0. The SMILES string of the molecule is NNC12CC(c3ccc([N+](=O)[O-])cc3)(C1)C2. The summed E-state index contributed by atoms with van der Waals surface area (Å²) in [6.45, 7) is 0. The number of non-ortho nitro benzene ring substituents is 1. The van der Waals surface area contributed by atoms with Gasteiger partial charge in [0.15, 0.2) is 0 Å². The third-order valence-corrected chi connectivity index (χ3v) is 4.03. The van der Waals surface area contributed by atoms with Gasteiger partial charge in [-0.05, 0) is 24.8 Å². The molecule has 0 heterocycles. The lowest BCUT2D eigenvalue weighted by Gasteiger charge is -2.70. The predicted octanol–water partition coefficient (Wildman–Crippen LogP) is 1.23.